The van der Waals surface area contributed by atoms with Crippen LogP contribution >= 0.6 is 0 Å². The van der Waals surface area contributed by atoms with Crippen molar-refractivity contribution in [2.24, 2.45) is 0 Å². The Balaban J connectivity index is 1.25. The predicted octanol–water partition coefficient (Wildman–Crippen LogP) is 15.7. The van der Waals surface area contributed by atoms with Gasteiger partial charge in [0, 0.05) is 5.56 Å². The van der Waals surface area contributed by atoms with Gasteiger partial charge in [-0.25, -0.2) is 0 Å². The van der Waals surface area contributed by atoms with E-state index in [0.717, 1.165) is 22.3 Å². The lowest BCUT2D eigenvalue weighted by atomic mass is 9.84. The van der Waals surface area contributed by atoms with Crippen molar-refractivity contribution in [1.29, 1.82) is 10.5 Å². The van der Waals surface area contributed by atoms with E-state index < -0.39 is 0 Å². The van der Waals surface area contributed by atoms with E-state index in [1.165, 1.54) is 109 Å². The van der Waals surface area contributed by atoms with E-state index in [-0.39, 0.29) is 0 Å². The van der Waals surface area contributed by atoms with E-state index in [4.69, 9.17) is 0 Å². The van der Waals surface area contributed by atoms with E-state index in [1.54, 1.807) is 12.1 Å². The fourth-order valence-corrected chi connectivity index (χ4v) is 10.7. The second-order valence-electron chi connectivity index (χ2n) is 16.2. The van der Waals surface area contributed by atoms with Gasteiger partial charge in [-0.2, -0.15) is 10.5 Å². The van der Waals surface area contributed by atoms with E-state index >= 15 is 0 Å². The largest absolute Gasteiger partial charge is 0.192 e. The molecule has 276 valence electrons. The summed E-state index contributed by atoms with van der Waals surface area (Å²) in [6.45, 7) is 4.33. The summed E-state index contributed by atoms with van der Waals surface area (Å²) in [6.07, 6.45) is 0. The summed E-state index contributed by atoms with van der Waals surface area (Å²) in [5.74, 6) is 0. The van der Waals surface area contributed by atoms with Crippen molar-refractivity contribution in [1.82, 2.24) is 0 Å². The highest BCUT2D eigenvalue weighted by atomic mass is 14.3. The number of fused-ring (bicyclic) bond motifs is 8. The fourth-order valence-electron chi connectivity index (χ4n) is 10.7. The van der Waals surface area contributed by atoms with Crippen LogP contribution in [-0.2, 0) is 0 Å². The van der Waals surface area contributed by atoms with Crippen LogP contribution in [0.2, 0.25) is 0 Å². The first-order valence-electron chi connectivity index (χ1n) is 20.5. The average molecular weight is 759 g/mol. The Morgan fingerprint density at radius 3 is 1.55 bits per heavy atom. The van der Waals surface area contributed by atoms with Crippen molar-refractivity contribution >= 4 is 75.4 Å². The maximum absolute atomic E-state index is 10.00. The van der Waals surface area contributed by atoms with Crippen molar-refractivity contribution in [3.05, 3.63) is 192 Å². The summed E-state index contributed by atoms with van der Waals surface area (Å²) in [7, 11) is 0. The molecule has 0 aliphatic heterocycles. The Labute approximate surface area is 347 Å². The van der Waals surface area contributed by atoms with E-state index in [2.05, 4.69) is 178 Å². The molecule has 12 aromatic rings. The van der Waals surface area contributed by atoms with Crippen molar-refractivity contribution in [2.75, 3.05) is 0 Å². The first-order valence-corrected chi connectivity index (χ1v) is 20.5. The van der Waals surface area contributed by atoms with Crippen molar-refractivity contribution in [2.45, 2.75) is 13.8 Å². The number of aryl methyl sites for hydroxylation is 2. The molecular formula is C58H34N2. The number of hydrogen-bond acceptors (Lipinski definition) is 2. The van der Waals surface area contributed by atoms with Gasteiger partial charge in [-0.15, -0.1) is 0 Å². The Kier molecular flexibility index (Phi) is 7.22. The summed E-state index contributed by atoms with van der Waals surface area (Å²) < 4.78 is 0. The summed E-state index contributed by atoms with van der Waals surface area (Å²) in [5.41, 5.74) is 12.4. The van der Waals surface area contributed by atoms with Crippen LogP contribution in [0.15, 0.2) is 170 Å². The smallest absolute Gasteiger partial charge is 0.0998 e. The van der Waals surface area contributed by atoms with Gasteiger partial charge in [0.15, 0.2) is 0 Å². The minimum Gasteiger partial charge on any atom is -0.192 e. The topological polar surface area (TPSA) is 47.6 Å². The van der Waals surface area contributed by atoms with Crippen LogP contribution in [0.25, 0.3) is 120 Å². The normalized spacial score (nSPS) is 11.8. The number of benzene rings is 10. The molecule has 0 spiro atoms. The van der Waals surface area contributed by atoms with Crippen LogP contribution in [0.1, 0.15) is 22.3 Å². The molecule has 0 bridgehead atoms. The van der Waals surface area contributed by atoms with Crippen LogP contribution in [-0.4, -0.2) is 0 Å². The van der Waals surface area contributed by atoms with E-state index in [1.807, 2.05) is 6.07 Å². The Hall–Kier alpha value is -8.04. The molecule has 0 fully saturated rings. The second kappa shape index (κ2) is 12.7. The second-order valence-corrected chi connectivity index (χ2v) is 16.2. The molecule has 0 saturated heterocycles. The fraction of sp³-hybridized carbons (Fsp3) is 0.0345. The zero-order valence-corrected chi connectivity index (χ0v) is 33.1. The lowest BCUT2D eigenvalue weighted by molar-refractivity contribution is 1.37. The maximum Gasteiger partial charge on any atom is 0.0998 e. The summed E-state index contributed by atoms with van der Waals surface area (Å²) in [5, 5.41) is 37.6. The molecule has 0 saturated carbocycles. The third-order valence-electron chi connectivity index (χ3n) is 13.0. The third kappa shape index (κ3) is 4.62. The zero-order valence-electron chi connectivity index (χ0n) is 33.1. The molecular weight excluding hydrogens is 725 g/mol. The maximum atomic E-state index is 10.00. The van der Waals surface area contributed by atoms with Crippen LogP contribution < -0.4 is 0 Å². The predicted molar refractivity (Wildman–Crippen MR) is 252 cm³/mol. The molecule has 0 heterocycles. The average Bonchev–Trinajstić information content (AvgIpc) is 3.80. The summed E-state index contributed by atoms with van der Waals surface area (Å²) in [6, 6.07) is 66.0. The molecule has 12 aromatic carbocycles. The van der Waals surface area contributed by atoms with Crippen LogP contribution in [0.3, 0.4) is 0 Å². The number of nitrogens with zero attached hydrogens (tertiary/aromatic N) is 2. The number of nitriles is 2. The third-order valence-corrected chi connectivity index (χ3v) is 13.0. The quantitative estimate of drug-likeness (QED) is 0.168. The molecule has 0 N–H and O–H groups in total. The zero-order chi connectivity index (χ0) is 40.2. The van der Waals surface area contributed by atoms with Crippen LogP contribution in [0, 0.1) is 36.5 Å². The standard InChI is InChI=1S/C58H34N2/c1-33-27-39(48-29-35(31-59)23-24-38(48)32-60)28-34(2)51(33)44-25-26-47-54-43(44)20-12-22-46(54)58-53(37-15-7-4-8-16-37)56-45-21-11-19-42-40-17-9-10-18-41(40)49(55(42)45)30-50(56)52(57(47)58)36-13-5-3-6-14-36/h3-30H,1-2H3. The Morgan fingerprint density at radius 2 is 0.867 bits per heavy atom. The van der Waals surface area contributed by atoms with Gasteiger partial charge in [0.2, 0.25) is 0 Å². The minimum absolute atomic E-state index is 0.541. The molecule has 0 aliphatic rings. The Morgan fingerprint density at radius 1 is 0.317 bits per heavy atom. The van der Waals surface area contributed by atoms with Gasteiger partial charge < -0.3 is 0 Å². The van der Waals surface area contributed by atoms with Crippen molar-refractivity contribution in [3.8, 4) is 56.6 Å². The molecule has 12 rings (SSSR count). The molecule has 0 aromatic heterocycles. The highest BCUT2D eigenvalue weighted by Crippen LogP contribution is 2.55. The number of rotatable bonds is 4. The van der Waals surface area contributed by atoms with Gasteiger partial charge in [-0.05, 0) is 164 Å². The van der Waals surface area contributed by atoms with Crippen molar-refractivity contribution < 1.29 is 0 Å². The first kappa shape index (κ1) is 34.0. The lowest BCUT2D eigenvalue weighted by Gasteiger charge is -2.19. The molecule has 0 atom stereocenters. The van der Waals surface area contributed by atoms with E-state index in [9.17, 15) is 10.5 Å². The molecule has 2 nitrogen and oxygen atoms in total. The SMILES string of the molecule is Cc1cc(-c2cc(C#N)ccc2C#N)cc(C)c1-c1ccc2c3c(-c4ccccc4)c4cc5c6ccccc6c6cccc(c4c(-c4ccccc4)c3c3cccc1c23)c65. The van der Waals surface area contributed by atoms with Crippen LogP contribution in [0.4, 0.5) is 0 Å². The molecule has 0 radical (unpaired) electrons. The monoisotopic (exact) mass is 758 g/mol. The molecule has 0 unspecified atom stereocenters. The van der Waals surface area contributed by atoms with Gasteiger partial charge in [-0.3, -0.25) is 0 Å². The van der Waals surface area contributed by atoms with Crippen molar-refractivity contribution in [3.63, 3.8) is 0 Å². The molecule has 0 amide bonds. The van der Waals surface area contributed by atoms with E-state index in [0.29, 0.717) is 11.1 Å². The highest BCUT2D eigenvalue weighted by molar-refractivity contribution is 6.45. The van der Waals surface area contributed by atoms with Gasteiger partial charge in [0.05, 0.1) is 23.3 Å². The highest BCUT2D eigenvalue weighted by Gasteiger charge is 2.27. The molecule has 0 aliphatic carbocycles. The first-order chi connectivity index (χ1) is 29.5. The van der Waals surface area contributed by atoms with Gasteiger partial charge in [0.1, 0.15) is 0 Å². The Bertz CT molecular complexity index is 3820. The lowest BCUT2D eigenvalue weighted by Crippen LogP contribution is -1.94. The minimum atomic E-state index is 0.541. The number of hydrogen-bond donors (Lipinski definition) is 0. The van der Waals surface area contributed by atoms with Gasteiger partial charge >= 0.3 is 0 Å². The molecule has 60 heavy (non-hydrogen) atoms. The summed E-state index contributed by atoms with van der Waals surface area (Å²) >= 11 is 0. The molecule has 2 heteroatoms. The summed E-state index contributed by atoms with van der Waals surface area (Å²) in [4.78, 5) is 0. The van der Waals surface area contributed by atoms with Crippen LogP contribution in [0.5, 0.6) is 0 Å². The van der Waals surface area contributed by atoms with Gasteiger partial charge in [0.25, 0.3) is 0 Å². The van der Waals surface area contributed by atoms with Gasteiger partial charge in [-0.1, -0.05) is 146 Å².